The normalized spacial score (nSPS) is 15.1. The average molecular weight is 472 g/mol. The van der Waals surface area contributed by atoms with E-state index in [9.17, 15) is 18.0 Å². The molecule has 2 N–H and O–H groups in total. The molecule has 0 fully saturated rings. The van der Waals surface area contributed by atoms with Crippen LogP contribution >= 0.6 is 0 Å². The minimum atomic E-state index is -1.50. The number of fused-ring (bicyclic) bond motifs is 1. The molecule has 178 valence electrons. The van der Waals surface area contributed by atoms with E-state index in [0.29, 0.717) is 29.5 Å². The van der Waals surface area contributed by atoms with Gasteiger partial charge in [0.25, 0.3) is 5.91 Å². The lowest BCUT2D eigenvalue weighted by Crippen LogP contribution is -2.47. The largest absolute Gasteiger partial charge is 0.499 e. The second kappa shape index (κ2) is 9.08. The molecule has 1 aromatic carbocycles. The van der Waals surface area contributed by atoms with Crippen molar-refractivity contribution in [2.45, 2.75) is 26.1 Å². The predicted molar refractivity (Wildman–Crippen MR) is 121 cm³/mol. The molecule has 4 rings (SSSR count). The Kier molecular flexibility index (Phi) is 6.18. The number of aryl methyl sites for hydroxylation is 1. The lowest BCUT2D eigenvalue weighted by Gasteiger charge is -2.36. The number of likely N-dealkylation sites (N-methyl/N-ethyl adjacent to an activating group) is 1. The van der Waals surface area contributed by atoms with Gasteiger partial charge in [-0.1, -0.05) is 6.58 Å². The van der Waals surface area contributed by atoms with Crippen LogP contribution in [0.1, 0.15) is 16.8 Å². The summed E-state index contributed by atoms with van der Waals surface area (Å²) in [6.07, 6.45) is 3.32. The van der Waals surface area contributed by atoms with E-state index in [4.69, 9.17) is 4.74 Å². The van der Waals surface area contributed by atoms with Crippen molar-refractivity contribution >= 4 is 23.1 Å². The molecule has 0 saturated carbocycles. The summed E-state index contributed by atoms with van der Waals surface area (Å²) in [5.41, 5.74) is 3.06. The van der Waals surface area contributed by atoms with E-state index in [1.165, 1.54) is 11.8 Å². The topological polar surface area (TPSA) is 84.3 Å². The first-order valence-electron chi connectivity index (χ1n) is 10.3. The Hall–Kier alpha value is -4.02. The molecule has 1 aliphatic heterocycles. The number of amides is 1. The number of anilines is 3. The van der Waals surface area contributed by atoms with Crippen LogP contribution in [0.2, 0.25) is 0 Å². The van der Waals surface area contributed by atoms with Crippen molar-refractivity contribution in [3.63, 3.8) is 0 Å². The fourth-order valence-corrected chi connectivity index (χ4v) is 3.82. The van der Waals surface area contributed by atoms with E-state index in [1.54, 1.807) is 31.3 Å². The van der Waals surface area contributed by atoms with Crippen molar-refractivity contribution in [2.24, 2.45) is 0 Å². The first-order chi connectivity index (χ1) is 16.2. The van der Waals surface area contributed by atoms with Crippen molar-refractivity contribution in [3.8, 4) is 0 Å². The fraction of sp³-hybridized carbons (Fsp3) is 0.261. The minimum absolute atomic E-state index is 0.0829. The van der Waals surface area contributed by atoms with Crippen LogP contribution in [0.5, 0.6) is 0 Å². The highest BCUT2D eigenvalue weighted by molar-refractivity contribution is 6.05. The highest BCUT2D eigenvalue weighted by Crippen LogP contribution is 2.36. The van der Waals surface area contributed by atoms with Crippen LogP contribution < -0.4 is 15.5 Å². The van der Waals surface area contributed by atoms with E-state index < -0.39 is 23.5 Å². The number of ether oxygens (including phenoxy) is 1. The molecular weight excluding hydrogens is 449 g/mol. The van der Waals surface area contributed by atoms with Gasteiger partial charge in [0.2, 0.25) is 0 Å². The molecule has 3 heterocycles. The van der Waals surface area contributed by atoms with Crippen LogP contribution in [0.3, 0.4) is 0 Å². The molecule has 1 aliphatic rings. The molecule has 11 heteroatoms. The number of aromatic nitrogens is 3. The molecule has 1 amide bonds. The third-order valence-corrected chi connectivity index (χ3v) is 5.56. The Morgan fingerprint density at radius 3 is 2.62 bits per heavy atom. The van der Waals surface area contributed by atoms with Crippen LogP contribution in [-0.2, 0) is 22.6 Å². The molecule has 0 saturated heterocycles. The van der Waals surface area contributed by atoms with Gasteiger partial charge in [-0.2, -0.15) is 5.10 Å². The van der Waals surface area contributed by atoms with Gasteiger partial charge >= 0.3 is 0 Å². The Balaban J connectivity index is 1.48. The summed E-state index contributed by atoms with van der Waals surface area (Å²) in [5.74, 6) is -3.32. The number of nitrogens with one attached hydrogen (secondary N) is 2. The zero-order valence-electron chi connectivity index (χ0n) is 18.8. The van der Waals surface area contributed by atoms with E-state index in [1.807, 2.05) is 6.07 Å². The molecular formula is C23H23F3N6O2. The van der Waals surface area contributed by atoms with Crippen LogP contribution in [-0.4, -0.2) is 40.9 Å². The predicted octanol–water partition coefficient (Wildman–Crippen LogP) is 3.58. The van der Waals surface area contributed by atoms with Gasteiger partial charge in [-0.15, -0.1) is 0 Å². The number of rotatable bonds is 7. The summed E-state index contributed by atoms with van der Waals surface area (Å²) in [5, 5.41) is 10.3. The highest BCUT2D eigenvalue weighted by atomic mass is 19.2. The van der Waals surface area contributed by atoms with Gasteiger partial charge in [-0.05, 0) is 24.6 Å². The average Bonchev–Trinajstić information content (AvgIpc) is 3.24. The molecule has 3 aromatic rings. The fourth-order valence-electron chi connectivity index (χ4n) is 3.82. The van der Waals surface area contributed by atoms with Gasteiger partial charge in [0, 0.05) is 31.4 Å². The zero-order valence-corrected chi connectivity index (χ0v) is 18.8. The van der Waals surface area contributed by atoms with Gasteiger partial charge in [0.1, 0.15) is 11.6 Å². The van der Waals surface area contributed by atoms with E-state index in [2.05, 4.69) is 27.3 Å². The number of carbonyl (C=O) groups excluding carboxylic acids is 1. The standard InChI is InChI=1S/C23H23F3N6O2/c1-12-21-18(31(3)22(13(2)34-4)23(33)30-21)7-19(29-12)27-8-15-9-28-32(11-15)10-14-5-16(24)20(26)17(25)6-14/h5-7,9,11,22H,2,8,10H2,1,3-4H3,(H,27,29)(H,30,33)/t22-/m0/s1. The third kappa shape index (κ3) is 4.41. The monoisotopic (exact) mass is 472 g/mol. The Bertz CT molecular complexity index is 1250. The molecule has 1 atom stereocenters. The molecule has 34 heavy (non-hydrogen) atoms. The SMILES string of the molecule is C=C(OC)[C@H]1C(=O)Nc2c(cc(NCc3cnn(Cc4cc(F)c(F)c(F)c4)c3)nc2C)N1C. The van der Waals surface area contributed by atoms with Gasteiger partial charge in [0.15, 0.2) is 23.5 Å². The number of hydrogen-bond acceptors (Lipinski definition) is 6. The molecule has 0 aliphatic carbocycles. The van der Waals surface area contributed by atoms with E-state index >= 15 is 0 Å². The van der Waals surface area contributed by atoms with Crippen LogP contribution in [0.25, 0.3) is 0 Å². The van der Waals surface area contributed by atoms with Gasteiger partial charge < -0.3 is 20.3 Å². The molecule has 0 spiro atoms. The smallest absolute Gasteiger partial charge is 0.255 e. The summed E-state index contributed by atoms with van der Waals surface area (Å²) >= 11 is 0. The zero-order chi connectivity index (χ0) is 24.6. The Morgan fingerprint density at radius 1 is 1.24 bits per heavy atom. The van der Waals surface area contributed by atoms with E-state index in [0.717, 1.165) is 23.4 Å². The first-order valence-corrected chi connectivity index (χ1v) is 10.3. The number of benzene rings is 1. The maximum absolute atomic E-state index is 13.4. The van der Waals surface area contributed by atoms with Crippen LogP contribution in [0.4, 0.5) is 30.4 Å². The van der Waals surface area contributed by atoms with Gasteiger partial charge in [0.05, 0.1) is 36.9 Å². The Morgan fingerprint density at radius 2 is 1.94 bits per heavy atom. The number of halogens is 3. The van der Waals surface area contributed by atoms with Crippen molar-refractivity contribution < 1.29 is 22.7 Å². The first kappa shape index (κ1) is 23.1. The van der Waals surface area contributed by atoms with Gasteiger partial charge in [-0.25, -0.2) is 18.2 Å². The summed E-state index contributed by atoms with van der Waals surface area (Å²) in [6, 6.07) is 3.02. The van der Waals surface area contributed by atoms with Gasteiger partial charge in [-0.3, -0.25) is 9.48 Å². The number of methoxy groups -OCH3 is 1. The number of hydrogen-bond donors (Lipinski definition) is 2. The molecule has 2 aromatic heterocycles. The second-order valence-corrected chi connectivity index (χ2v) is 7.93. The number of nitrogens with zero attached hydrogens (tertiary/aromatic N) is 4. The second-order valence-electron chi connectivity index (χ2n) is 7.93. The van der Waals surface area contributed by atoms with Crippen molar-refractivity contribution in [3.05, 3.63) is 77.2 Å². The molecule has 0 bridgehead atoms. The summed E-state index contributed by atoms with van der Waals surface area (Å²) in [6.45, 7) is 6.07. The van der Waals surface area contributed by atoms with E-state index in [-0.39, 0.29) is 18.0 Å². The maximum Gasteiger partial charge on any atom is 0.255 e. The minimum Gasteiger partial charge on any atom is -0.499 e. The molecule has 8 nitrogen and oxygen atoms in total. The van der Waals surface area contributed by atoms with Crippen LogP contribution in [0, 0.1) is 24.4 Å². The lowest BCUT2D eigenvalue weighted by atomic mass is 10.1. The van der Waals surface area contributed by atoms with Crippen LogP contribution in [0.15, 0.2) is 42.9 Å². The van der Waals surface area contributed by atoms with Crippen molar-refractivity contribution in [1.29, 1.82) is 0 Å². The summed E-state index contributed by atoms with van der Waals surface area (Å²) in [4.78, 5) is 18.8. The van der Waals surface area contributed by atoms with Crippen molar-refractivity contribution in [1.82, 2.24) is 14.8 Å². The number of carbonyl (C=O) groups is 1. The molecule has 0 radical (unpaired) electrons. The highest BCUT2D eigenvalue weighted by Gasteiger charge is 2.35. The number of pyridine rings is 1. The molecule has 0 unspecified atom stereocenters. The summed E-state index contributed by atoms with van der Waals surface area (Å²) in [7, 11) is 3.24. The lowest BCUT2D eigenvalue weighted by molar-refractivity contribution is -0.117. The third-order valence-electron chi connectivity index (χ3n) is 5.56. The summed E-state index contributed by atoms with van der Waals surface area (Å²) < 4.78 is 46.7. The van der Waals surface area contributed by atoms with Crippen molar-refractivity contribution in [2.75, 3.05) is 29.7 Å². The quantitative estimate of drug-likeness (QED) is 0.404. The Labute approximate surface area is 194 Å². The maximum atomic E-state index is 13.4.